The number of nitrogens with zero attached hydrogens (tertiary/aromatic N) is 5. The summed E-state index contributed by atoms with van der Waals surface area (Å²) in [6, 6.07) is 13.0. The normalized spacial score (nSPS) is 20.8. The van der Waals surface area contributed by atoms with Gasteiger partial charge in [-0.25, -0.2) is 18.1 Å². The maximum atomic E-state index is 13.3. The maximum Gasteiger partial charge on any atom is 0.242 e. The van der Waals surface area contributed by atoms with Crippen molar-refractivity contribution in [3.8, 4) is 0 Å². The third-order valence-corrected chi connectivity index (χ3v) is 8.98. The van der Waals surface area contributed by atoms with E-state index >= 15 is 0 Å². The number of hydrogen-bond donors (Lipinski definition) is 1. The molecule has 0 spiro atoms. The summed E-state index contributed by atoms with van der Waals surface area (Å²) in [5.41, 5.74) is 2.97. The van der Waals surface area contributed by atoms with Crippen LogP contribution in [-0.4, -0.2) is 45.7 Å². The number of amides is 1. The van der Waals surface area contributed by atoms with Gasteiger partial charge in [-0.1, -0.05) is 18.2 Å². The van der Waals surface area contributed by atoms with E-state index in [1.165, 1.54) is 0 Å². The summed E-state index contributed by atoms with van der Waals surface area (Å²) in [6.45, 7) is 1.78. The van der Waals surface area contributed by atoms with Crippen LogP contribution in [0.3, 0.4) is 0 Å². The van der Waals surface area contributed by atoms with Crippen LogP contribution in [0, 0.1) is 11.8 Å². The lowest BCUT2D eigenvalue weighted by atomic mass is 9.81. The molecule has 1 aliphatic heterocycles. The molecule has 0 saturated heterocycles. The first-order chi connectivity index (χ1) is 16.5. The van der Waals surface area contributed by atoms with E-state index < -0.39 is 10.0 Å². The second-order valence-electron chi connectivity index (χ2n) is 9.00. The Balaban J connectivity index is 1.08. The molecule has 1 fully saturated rings. The Morgan fingerprint density at radius 1 is 1.00 bits per heavy atom. The molecular formula is C23H24N6O3S2. The molecule has 4 aromatic rings. The van der Waals surface area contributed by atoms with Crippen molar-refractivity contribution in [1.29, 1.82) is 0 Å². The first kappa shape index (κ1) is 21.6. The Bertz CT molecular complexity index is 1490. The molecule has 1 aliphatic carbocycles. The molecule has 2 aromatic carbocycles. The highest BCUT2D eigenvalue weighted by molar-refractivity contribution is 7.89. The van der Waals surface area contributed by atoms with Crippen LogP contribution in [-0.2, 0) is 21.4 Å². The van der Waals surface area contributed by atoms with Gasteiger partial charge in [0.2, 0.25) is 21.9 Å². The van der Waals surface area contributed by atoms with Gasteiger partial charge in [0.15, 0.2) is 0 Å². The third kappa shape index (κ3) is 3.68. The monoisotopic (exact) mass is 496 g/mol. The number of sulfonamides is 1. The number of carbonyl (C=O) groups is 1. The van der Waals surface area contributed by atoms with Gasteiger partial charge < -0.3 is 4.57 Å². The highest BCUT2D eigenvalue weighted by Crippen LogP contribution is 2.34. The van der Waals surface area contributed by atoms with Gasteiger partial charge in [-0.15, -0.1) is 0 Å². The maximum absolute atomic E-state index is 13.3. The Morgan fingerprint density at radius 3 is 2.65 bits per heavy atom. The van der Waals surface area contributed by atoms with E-state index in [-0.39, 0.29) is 22.6 Å². The van der Waals surface area contributed by atoms with Crippen molar-refractivity contribution >= 4 is 55.7 Å². The fourth-order valence-electron chi connectivity index (χ4n) is 5.14. The molecule has 0 radical (unpaired) electrons. The van der Waals surface area contributed by atoms with Crippen LogP contribution in [0.4, 0.5) is 5.95 Å². The van der Waals surface area contributed by atoms with Gasteiger partial charge in [-0.3, -0.25) is 9.69 Å². The van der Waals surface area contributed by atoms with Crippen LogP contribution in [0.2, 0.25) is 0 Å². The van der Waals surface area contributed by atoms with Gasteiger partial charge in [0.1, 0.15) is 15.9 Å². The minimum Gasteiger partial charge on any atom is -0.308 e. The molecule has 34 heavy (non-hydrogen) atoms. The van der Waals surface area contributed by atoms with Crippen molar-refractivity contribution < 1.29 is 13.2 Å². The number of fused-ring (bicyclic) bond motifs is 4. The lowest BCUT2D eigenvalue weighted by Crippen LogP contribution is -2.38. The first-order valence-electron chi connectivity index (χ1n) is 11.5. The summed E-state index contributed by atoms with van der Waals surface area (Å²) in [6.07, 6.45) is 3.14. The Morgan fingerprint density at radius 2 is 1.79 bits per heavy atom. The second-order valence-corrected chi connectivity index (χ2v) is 11.3. The van der Waals surface area contributed by atoms with Crippen molar-refractivity contribution in [2.24, 2.45) is 11.8 Å². The SMILES string of the molecule is O=C(C1CCC(CNS(=O)(=O)c2cccc3nsnc23)CC1)N1CCn2c1nc1ccccc12. The molecule has 2 aliphatic rings. The highest BCUT2D eigenvalue weighted by atomic mass is 32.2. The molecule has 11 heteroatoms. The van der Waals surface area contributed by atoms with Crippen molar-refractivity contribution in [3.63, 3.8) is 0 Å². The van der Waals surface area contributed by atoms with Gasteiger partial charge in [0.25, 0.3) is 0 Å². The average molecular weight is 497 g/mol. The number of nitrogens with one attached hydrogen (secondary N) is 1. The zero-order valence-corrected chi connectivity index (χ0v) is 20.1. The fraction of sp³-hybridized carbons (Fsp3) is 0.391. The number of anilines is 1. The van der Waals surface area contributed by atoms with E-state index in [2.05, 4.69) is 18.0 Å². The van der Waals surface area contributed by atoms with E-state index in [1.807, 2.05) is 29.2 Å². The molecule has 0 bridgehead atoms. The van der Waals surface area contributed by atoms with Gasteiger partial charge in [0, 0.05) is 25.6 Å². The number of imidazole rings is 1. The van der Waals surface area contributed by atoms with Crippen LogP contribution in [0.1, 0.15) is 25.7 Å². The first-order valence-corrected chi connectivity index (χ1v) is 13.7. The smallest absolute Gasteiger partial charge is 0.242 e. The number of benzene rings is 2. The largest absolute Gasteiger partial charge is 0.308 e. The van der Waals surface area contributed by atoms with Crippen molar-refractivity contribution in [2.45, 2.75) is 37.1 Å². The molecule has 1 saturated carbocycles. The minimum absolute atomic E-state index is 0.0472. The van der Waals surface area contributed by atoms with E-state index in [0.29, 0.717) is 24.1 Å². The molecule has 0 unspecified atom stereocenters. The minimum atomic E-state index is -3.68. The summed E-state index contributed by atoms with van der Waals surface area (Å²) >= 11 is 1.01. The number of para-hydroxylation sites is 2. The second kappa shape index (κ2) is 8.40. The summed E-state index contributed by atoms with van der Waals surface area (Å²) in [5, 5.41) is 0. The quantitative estimate of drug-likeness (QED) is 0.454. The van der Waals surface area contributed by atoms with Crippen LogP contribution < -0.4 is 9.62 Å². The van der Waals surface area contributed by atoms with Gasteiger partial charge in [-0.2, -0.15) is 8.75 Å². The molecule has 9 nitrogen and oxygen atoms in total. The van der Waals surface area contributed by atoms with Crippen molar-refractivity contribution in [2.75, 3.05) is 18.0 Å². The van der Waals surface area contributed by atoms with E-state index in [9.17, 15) is 13.2 Å². The van der Waals surface area contributed by atoms with Crippen LogP contribution >= 0.6 is 11.7 Å². The molecular weight excluding hydrogens is 472 g/mol. The fourth-order valence-corrected chi connectivity index (χ4v) is 7.02. The predicted molar refractivity (Wildman–Crippen MR) is 130 cm³/mol. The molecule has 6 rings (SSSR count). The summed E-state index contributed by atoms with van der Waals surface area (Å²) < 4.78 is 38.9. The Kier molecular flexibility index (Phi) is 5.34. The molecule has 176 valence electrons. The number of rotatable bonds is 5. The highest BCUT2D eigenvalue weighted by Gasteiger charge is 2.35. The summed E-state index contributed by atoms with van der Waals surface area (Å²) in [7, 11) is -3.68. The molecule has 3 heterocycles. The van der Waals surface area contributed by atoms with Gasteiger partial charge >= 0.3 is 0 Å². The van der Waals surface area contributed by atoms with Gasteiger partial charge in [0.05, 0.1) is 22.8 Å². The molecule has 0 atom stereocenters. The number of hydrogen-bond acceptors (Lipinski definition) is 7. The van der Waals surface area contributed by atoms with E-state index in [4.69, 9.17) is 4.98 Å². The van der Waals surface area contributed by atoms with Crippen LogP contribution in [0.25, 0.3) is 22.1 Å². The Hall–Kier alpha value is -2.89. The average Bonchev–Trinajstić information content (AvgIpc) is 3.57. The predicted octanol–water partition coefficient (Wildman–Crippen LogP) is 3.17. The van der Waals surface area contributed by atoms with Crippen LogP contribution in [0.15, 0.2) is 47.4 Å². The lowest BCUT2D eigenvalue weighted by Gasteiger charge is -2.30. The van der Waals surface area contributed by atoms with Crippen molar-refractivity contribution in [1.82, 2.24) is 23.0 Å². The molecule has 1 amide bonds. The zero-order valence-electron chi connectivity index (χ0n) is 18.4. The topological polar surface area (TPSA) is 110 Å². The number of carbonyl (C=O) groups excluding carboxylic acids is 1. The molecule has 1 N–H and O–H groups in total. The summed E-state index contributed by atoms with van der Waals surface area (Å²) in [4.78, 5) is 20.0. The zero-order chi connectivity index (χ0) is 23.3. The molecule has 2 aromatic heterocycles. The number of aromatic nitrogens is 4. The summed E-state index contributed by atoms with van der Waals surface area (Å²) in [5.74, 6) is 1.03. The van der Waals surface area contributed by atoms with Crippen molar-refractivity contribution in [3.05, 3.63) is 42.5 Å². The van der Waals surface area contributed by atoms with E-state index in [1.54, 1.807) is 18.2 Å². The lowest BCUT2D eigenvalue weighted by molar-refractivity contribution is -0.123. The van der Waals surface area contributed by atoms with E-state index in [0.717, 1.165) is 60.9 Å². The third-order valence-electron chi connectivity index (χ3n) is 6.99. The van der Waals surface area contributed by atoms with Crippen LogP contribution in [0.5, 0.6) is 0 Å². The standard InChI is InChI=1S/C23H24N6O3S2/c30-22(29-13-12-28-19-6-2-1-4-17(19)25-23(28)29)16-10-8-15(9-11-16)14-24-34(31,32)20-7-3-5-18-21(20)27-33-26-18/h1-7,15-16,24H,8-14H2. The Labute approximate surface area is 201 Å². The van der Waals surface area contributed by atoms with Gasteiger partial charge in [-0.05, 0) is 55.9 Å².